The molecule has 1 amide bonds. The summed E-state index contributed by atoms with van der Waals surface area (Å²) < 4.78 is 21.0. The minimum atomic E-state index is -1.12. The van der Waals surface area contributed by atoms with Crippen LogP contribution in [0.25, 0.3) is 0 Å². The fraction of sp³-hybridized carbons (Fsp3) is 0.750. The molecule has 7 heteroatoms. The Morgan fingerprint density at radius 2 is 2.16 bits per heavy atom. The second-order valence-corrected chi connectivity index (χ2v) is 5.00. The standard InChI is InChI=1S/C12H19FN4O2/c1-9(2)19-11-3-4-17(5-10(11)13)12(18)6-16-7-14-15-8-16/h7-11H,3-6H2,1-2H3/t10-,11+/m1/s1. The first-order valence-corrected chi connectivity index (χ1v) is 6.46. The number of carbonyl (C=O) groups excluding carboxylic acids is 1. The number of likely N-dealkylation sites (tertiary alicyclic amines) is 1. The smallest absolute Gasteiger partial charge is 0.242 e. The Morgan fingerprint density at radius 3 is 2.74 bits per heavy atom. The normalized spacial score (nSPS) is 23.9. The average Bonchev–Trinajstić information content (AvgIpc) is 2.84. The fourth-order valence-electron chi connectivity index (χ4n) is 2.17. The van der Waals surface area contributed by atoms with E-state index in [9.17, 15) is 9.18 Å². The van der Waals surface area contributed by atoms with Crippen LogP contribution in [-0.2, 0) is 16.1 Å². The number of halogens is 1. The summed E-state index contributed by atoms with van der Waals surface area (Å²) in [4.78, 5) is 13.5. The van der Waals surface area contributed by atoms with E-state index in [1.165, 1.54) is 17.6 Å². The molecule has 2 rings (SSSR count). The van der Waals surface area contributed by atoms with Gasteiger partial charge in [0.2, 0.25) is 5.91 Å². The minimum Gasteiger partial charge on any atom is -0.372 e. The Morgan fingerprint density at radius 1 is 1.47 bits per heavy atom. The Kier molecular flexibility index (Phi) is 4.47. The molecule has 0 aromatic carbocycles. The van der Waals surface area contributed by atoms with Gasteiger partial charge in [-0.25, -0.2) is 4.39 Å². The van der Waals surface area contributed by atoms with E-state index in [0.29, 0.717) is 13.0 Å². The number of rotatable bonds is 4. The third-order valence-electron chi connectivity index (χ3n) is 3.07. The third-order valence-corrected chi connectivity index (χ3v) is 3.07. The number of aromatic nitrogens is 3. The molecule has 2 heterocycles. The first-order chi connectivity index (χ1) is 9.06. The highest BCUT2D eigenvalue weighted by Gasteiger charge is 2.32. The molecule has 1 aliphatic rings. The number of amides is 1. The van der Waals surface area contributed by atoms with Crippen LogP contribution in [-0.4, -0.2) is 57.0 Å². The summed E-state index contributed by atoms with van der Waals surface area (Å²) >= 11 is 0. The average molecular weight is 270 g/mol. The molecule has 2 atom stereocenters. The molecule has 0 saturated carbocycles. The van der Waals surface area contributed by atoms with Gasteiger partial charge in [0.05, 0.1) is 18.8 Å². The number of carbonyl (C=O) groups is 1. The van der Waals surface area contributed by atoms with E-state index in [4.69, 9.17) is 4.74 Å². The van der Waals surface area contributed by atoms with Crippen LogP contribution in [0.2, 0.25) is 0 Å². The predicted octanol–water partition coefficient (Wildman–Crippen LogP) is 0.642. The minimum absolute atomic E-state index is 0.00234. The number of hydrogen-bond donors (Lipinski definition) is 0. The van der Waals surface area contributed by atoms with Crippen molar-refractivity contribution in [2.75, 3.05) is 13.1 Å². The molecule has 1 aromatic heterocycles. The van der Waals surface area contributed by atoms with Crippen molar-refractivity contribution in [1.82, 2.24) is 19.7 Å². The molecule has 19 heavy (non-hydrogen) atoms. The highest BCUT2D eigenvalue weighted by atomic mass is 19.1. The quantitative estimate of drug-likeness (QED) is 0.805. The molecular weight excluding hydrogens is 251 g/mol. The van der Waals surface area contributed by atoms with E-state index in [1.807, 2.05) is 13.8 Å². The highest BCUT2D eigenvalue weighted by Crippen LogP contribution is 2.19. The second kappa shape index (κ2) is 6.10. The van der Waals surface area contributed by atoms with Crippen molar-refractivity contribution >= 4 is 5.91 Å². The van der Waals surface area contributed by atoms with Crippen LogP contribution >= 0.6 is 0 Å². The van der Waals surface area contributed by atoms with Gasteiger partial charge in [-0.2, -0.15) is 0 Å². The molecule has 0 N–H and O–H groups in total. The Balaban J connectivity index is 1.85. The lowest BCUT2D eigenvalue weighted by molar-refractivity contribution is -0.139. The van der Waals surface area contributed by atoms with Crippen molar-refractivity contribution in [2.24, 2.45) is 0 Å². The maximum Gasteiger partial charge on any atom is 0.242 e. The van der Waals surface area contributed by atoms with Gasteiger partial charge in [-0.3, -0.25) is 4.79 Å². The summed E-state index contributed by atoms with van der Waals surface area (Å²) in [5, 5.41) is 7.26. The lowest BCUT2D eigenvalue weighted by atomic mass is 10.1. The third kappa shape index (κ3) is 3.73. The summed E-state index contributed by atoms with van der Waals surface area (Å²) in [5.74, 6) is -0.120. The van der Waals surface area contributed by atoms with Gasteiger partial charge in [0.15, 0.2) is 0 Å². The molecule has 106 valence electrons. The molecular formula is C12H19FN4O2. The van der Waals surface area contributed by atoms with Crippen molar-refractivity contribution < 1.29 is 13.9 Å². The van der Waals surface area contributed by atoms with E-state index < -0.39 is 12.3 Å². The van der Waals surface area contributed by atoms with Crippen LogP contribution in [0.4, 0.5) is 4.39 Å². The van der Waals surface area contributed by atoms with Gasteiger partial charge in [-0.15, -0.1) is 10.2 Å². The van der Waals surface area contributed by atoms with Gasteiger partial charge in [-0.05, 0) is 20.3 Å². The van der Waals surface area contributed by atoms with Crippen molar-refractivity contribution in [3.63, 3.8) is 0 Å². The summed E-state index contributed by atoms with van der Waals surface area (Å²) in [6, 6.07) is 0. The summed E-state index contributed by atoms with van der Waals surface area (Å²) in [7, 11) is 0. The van der Waals surface area contributed by atoms with E-state index in [2.05, 4.69) is 10.2 Å². The SMILES string of the molecule is CC(C)O[C@H]1CCN(C(=O)Cn2cnnc2)C[C@H]1F. The van der Waals surface area contributed by atoms with Crippen molar-refractivity contribution in [3.8, 4) is 0 Å². The molecule has 1 aromatic rings. The van der Waals surface area contributed by atoms with E-state index >= 15 is 0 Å². The summed E-state index contributed by atoms with van der Waals surface area (Å²) in [6.07, 6.45) is 1.95. The molecule has 0 radical (unpaired) electrons. The first kappa shape index (κ1) is 13.9. The monoisotopic (exact) mass is 270 g/mol. The van der Waals surface area contributed by atoms with Gasteiger partial charge in [-0.1, -0.05) is 0 Å². The zero-order valence-corrected chi connectivity index (χ0v) is 11.2. The van der Waals surface area contributed by atoms with Gasteiger partial charge < -0.3 is 14.2 Å². The van der Waals surface area contributed by atoms with Gasteiger partial charge in [0, 0.05) is 6.54 Å². The lowest BCUT2D eigenvalue weighted by Gasteiger charge is -2.35. The Hall–Kier alpha value is -1.50. The molecule has 0 aliphatic carbocycles. The van der Waals surface area contributed by atoms with Crippen LogP contribution in [0, 0.1) is 0 Å². The van der Waals surface area contributed by atoms with E-state index in [-0.39, 0.29) is 25.1 Å². The van der Waals surface area contributed by atoms with Gasteiger partial charge in [0.1, 0.15) is 25.4 Å². The van der Waals surface area contributed by atoms with Crippen LogP contribution in [0.5, 0.6) is 0 Å². The van der Waals surface area contributed by atoms with Crippen LogP contribution in [0.1, 0.15) is 20.3 Å². The molecule has 0 unspecified atom stereocenters. The zero-order chi connectivity index (χ0) is 13.8. The van der Waals surface area contributed by atoms with Crippen molar-refractivity contribution in [2.45, 2.75) is 45.2 Å². The van der Waals surface area contributed by atoms with Crippen molar-refractivity contribution in [3.05, 3.63) is 12.7 Å². The molecule has 1 aliphatic heterocycles. The van der Waals surface area contributed by atoms with Gasteiger partial charge in [0.25, 0.3) is 0 Å². The first-order valence-electron chi connectivity index (χ1n) is 6.46. The fourth-order valence-corrected chi connectivity index (χ4v) is 2.17. The second-order valence-electron chi connectivity index (χ2n) is 5.00. The maximum absolute atomic E-state index is 13.9. The van der Waals surface area contributed by atoms with Crippen LogP contribution in [0.3, 0.4) is 0 Å². The molecule has 6 nitrogen and oxygen atoms in total. The molecule has 0 spiro atoms. The number of nitrogens with zero attached hydrogens (tertiary/aromatic N) is 4. The predicted molar refractivity (Wildman–Crippen MR) is 66.1 cm³/mol. The lowest BCUT2D eigenvalue weighted by Crippen LogP contribution is -2.49. The molecule has 1 saturated heterocycles. The number of ether oxygens (including phenoxy) is 1. The summed E-state index contributed by atoms with van der Waals surface area (Å²) in [6.45, 7) is 4.54. The molecule has 0 bridgehead atoms. The largest absolute Gasteiger partial charge is 0.372 e. The molecule has 1 fully saturated rings. The van der Waals surface area contributed by atoms with E-state index in [1.54, 1.807) is 4.57 Å². The Bertz CT molecular complexity index is 410. The van der Waals surface area contributed by atoms with Gasteiger partial charge >= 0.3 is 0 Å². The Labute approximate surface area is 111 Å². The number of alkyl halides is 1. The number of piperidine rings is 1. The zero-order valence-electron chi connectivity index (χ0n) is 11.2. The summed E-state index contributed by atoms with van der Waals surface area (Å²) in [5.41, 5.74) is 0. The maximum atomic E-state index is 13.9. The van der Waals surface area contributed by atoms with Crippen LogP contribution in [0.15, 0.2) is 12.7 Å². The van der Waals surface area contributed by atoms with E-state index in [0.717, 1.165) is 0 Å². The number of hydrogen-bond acceptors (Lipinski definition) is 4. The topological polar surface area (TPSA) is 60.2 Å². The van der Waals surface area contributed by atoms with Crippen LogP contribution < -0.4 is 0 Å². The van der Waals surface area contributed by atoms with Crippen molar-refractivity contribution in [1.29, 1.82) is 0 Å². The highest BCUT2D eigenvalue weighted by molar-refractivity contribution is 5.76.